The largest absolute Gasteiger partial charge is 0.311 e. The number of nitrogens with one attached hydrogen (secondary N) is 1. The van der Waals surface area contributed by atoms with Crippen molar-refractivity contribution >= 4 is 0 Å². The maximum atomic E-state index is 4.47. The molecule has 5 heteroatoms. The van der Waals surface area contributed by atoms with E-state index < -0.39 is 0 Å². The highest BCUT2D eigenvalue weighted by molar-refractivity contribution is 4.93. The monoisotopic (exact) mass is 279 g/mol. The molecule has 0 spiro atoms. The summed E-state index contributed by atoms with van der Waals surface area (Å²) in [6.07, 6.45) is 2.90. The Labute approximate surface area is 122 Å². The molecular formula is C15H29N5. The van der Waals surface area contributed by atoms with E-state index in [1.165, 1.54) is 6.42 Å². The van der Waals surface area contributed by atoms with Gasteiger partial charge in [-0.25, -0.2) is 9.67 Å². The van der Waals surface area contributed by atoms with Crippen molar-refractivity contribution in [1.29, 1.82) is 0 Å². The van der Waals surface area contributed by atoms with Gasteiger partial charge < -0.3 is 5.32 Å². The maximum absolute atomic E-state index is 4.47. The highest BCUT2D eigenvalue weighted by Gasteiger charge is 2.30. The van der Waals surface area contributed by atoms with Gasteiger partial charge in [-0.05, 0) is 26.7 Å². The quantitative estimate of drug-likeness (QED) is 0.896. The van der Waals surface area contributed by atoms with Crippen LogP contribution in [0.25, 0.3) is 0 Å². The van der Waals surface area contributed by atoms with Crippen LogP contribution in [0.1, 0.15) is 52.9 Å². The van der Waals surface area contributed by atoms with Crippen molar-refractivity contribution < 1.29 is 0 Å². The van der Waals surface area contributed by atoms with Crippen LogP contribution in [0.2, 0.25) is 0 Å². The van der Waals surface area contributed by atoms with Gasteiger partial charge in [-0.15, -0.1) is 0 Å². The fourth-order valence-electron chi connectivity index (χ4n) is 3.02. The number of hydrogen-bond donors (Lipinski definition) is 1. The lowest BCUT2D eigenvalue weighted by Crippen LogP contribution is -2.57. The summed E-state index contributed by atoms with van der Waals surface area (Å²) in [6, 6.07) is 1.51. The molecule has 1 N–H and O–H groups in total. The standard InChI is InChI=1S/C15H29N5/c1-6-12(4)14-7-16-13(5)8-19(14)9-15-17-10-18-20(15)11(2)3/h10-14,16H,6-9H2,1-5H3. The van der Waals surface area contributed by atoms with Crippen LogP contribution >= 0.6 is 0 Å². The molecular weight excluding hydrogens is 250 g/mol. The van der Waals surface area contributed by atoms with Gasteiger partial charge in [-0.2, -0.15) is 5.10 Å². The number of rotatable bonds is 5. The molecule has 1 aromatic heterocycles. The number of hydrogen-bond acceptors (Lipinski definition) is 4. The van der Waals surface area contributed by atoms with Crippen LogP contribution in [0.3, 0.4) is 0 Å². The average Bonchev–Trinajstić information content (AvgIpc) is 2.86. The molecule has 20 heavy (non-hydrogen) atoms. The van der Waals surface area contributed by atoms with Crippen molar-refractivity contribution in [2.24, 2.45) is 5.92 Å². The Hall–Kier alpha value is -0.940. The summed E-state index contributed by atoms with van der Waals surface area (Å²) in [7, 11) is 0. The molecule has 3 atom stereocenters. The topological polar surface area (TPSA) is 46.0 Å². The number of aromatic nitrogens is 3. The van der Waals surface area contributed by atoms with E-state index in [-0.39, 0.29) is 0 Å². The van der Waals surface area contributed by atoms with Gasteiger partial charge in [0.2, 0.25) is 0 Å². The Kier molecular flexibility index (Phi) is 5.16. The van der Waals surface area contributed by atoms with Crippen LogP contribution in [0.5, 0.6) is 0 Å². The van der Waals surface area contributed by atoms with Crippen molar-refractivity contribution in [3.63, 3.8) is 0 Å². The van der Waals surface area contributed by atoms with Gasteiger partial charge in [-0.1, -0.05) is 20.3 Å². The van der Waals surface area contributed by atoms with Crippen LogP contribution < -0.4 is 5.32 Å². The van der Waals surface area contributed by atoms with Crippen LogP contribution in [-0.4, -0.2) is 44.8 Å². The van der Waals surface area contributed by atoms with Gasteiger partial charge in [0.15, 0.2) is 0 Å². The van der Waals surface area contributed by atoms with Crippen molar-refractivity contribution in [2.75, 3.05) is 13.1 Å². The Morgan fingerprint density at radius 1 is 1.40 bits per heavy atom. The summed E-state index contributed by atoms with van der Waals surface area (Å²) in [5.74, 6) is 1.79. The first-order valence-corrected chi connectivity index (χ1v) is 7.88. The fourth-order valence-corrected chi connectivity index (χ4v) is 3.02. The van der Waals surface area contributed by atoms with E-state index in [0.29, 0.717) is 24.0 Å². The Bertz CT molecular complexity index is 414. The second kappa shape index (κ2) is 6.68. The molecule has 3 unspecified atom stereocenters. The minimum atomic E-state index is 0.370. The lowest BCUT2D eigenvalue weighted by atomic mass is 9.94. The predicted octanol–water partition coefficient (Wildman–Crippen LogP) is 2.07. The Morgan fingerprint density at radius 3 is 2.80 bits per heavy atom. The molecule has 1 aliphatic rings. The summed E-state index contributed by atoms with van der Waals surface area (Å²) in [5.41, 5.74) is 0. The highest BCUT2D eigenvalue weighted by atomic mass is 15.4. The molecule has 0 aliphatic carbocycles. The third kappa shape index (κ3) is 3.38. The van der Waals surface area contributed by atoms with Gasteiger partial charge >= 0.3 is 0 Å². The van der Waals surface area contributed by atoms with E-state index in [9.17, 15) is 0 Å². The molecule has 0 aromatic carbocycles. The smallest absolute Gasteiger partial charge is 0.141 e. The number of nitrogens with zero attached hydrogens (tertiary/aromatic N) is 4. The predicted molar refractivity (Wildman–Crippen MR) is 81.5 cm³/mol. The van der Waals surface area contributed by atoms with Gasteiger partial charge in [0.05, 0.1) is 6.54 Å². The SMILES string of the molecule is CCC(C)C1CNC(C)CN1Cc1ncnn1C(C)C. The zero-order valence-electron chi connectivity index (χ0n) is 13.5. The maximum Gasteiger partial charge on any atom is 0.141 e. The minimum Gasteiger partial charge on any atom is -0.311 e. The van der Waals surface area contributed by atoms with Gasteiger partial charge in [0, 0.05) is 31.2 Å². The minimum absolute atomic E-state index is 0.370. The molecule has 5 nitrogen and oxygen atoms in total. The van der Waals surface area contributed by atoms with E-state index in [0.717, 1.165) is 25.5 Å². The molecule has 2 rings (SSSR count). The summed E-state index contributed by atoms with van der Waals surface area (Å²) in [6.45, 7) is 14.3. The summed E-state index contributed by atoms with van der Waals surface area (Å²) in [4.78, 5) is 7.05. The summed E-state index contributed by atoms with van der Waals surface area (Å²) in [5, 5.41) is 7.96. The van der Waals surface area contributed by atoms with E-state index in [4.69, 9.17) is 0 Å². The lowest BCUT2D eigenvalue weighted by Gasteiger charge is -2.42. The summed E-state index contributed by atoms with van der Waals surface area (Å²) >= 11 is 0. The van der Waals surface area contributed by atoms with E-state index in [1.54, 1.807) is 6.33 Å². The molecule has 1 aromatic rings. The van der Waals surface area contributed by atoms with Crippen LogP contribution in [0.4, 0.5) is 0 Å². The summed E-state index contributed by atoms with van der Waals surface area (Å²) < 4.78 is 2.04. The fraction of sp³-hybridized carbons (Fsp3) is 0.867. The second-order valence-corrected chi connectivity index (χ2v) is 6.41. The van der Waals surface area contributed by atoms with E-state index >= 15 is 0 Å². The third-order valence-electron chi connectivity index (χ3n) is 4.43. The molecule has 0 radical (unpaired) electrons. The molecule has 2 heterocycles. The van der Waals surface area contributed by atoms with Crippen LogP contribution in [0, 0.1) is 5.92 Å². The first-order valence-electron chi connectivity index (χ1n) is 7.88. The van der Waals surface area contributed by atoms with Gasteiger partial charge in [0.25, 0.3) is 0 Å². The number of piperazine rings is 1. The molecule has 1 fully saturated rings. The average molecular weight is 279 g/mol. The zero-order valence-corrected chi connectivity index (χ0v) is 13.5. The normalized spacial score (nSPS) is 26.1. The van der Waals surface area contributed by atoms with Crippen molar-refractivity contribution in [2.45, 2.75) is 65.7 Å². The third-order valence-corrected chi connectivity index (χ3v) is 4.43. The molecule has 0 bridgehead atoms. The second-order valence-electron chi connectivity index (χ2n) is 6.41. The van der Waals surface area contributed by atoms with Crippen LogP contribution in [0.15, 0.2) is 6.33 Å². The van der Waals surface area contributed by atoms with Crippen molar-refractivity contribution in [1.82, 2.24) is 25.0 Å². The first kappa shape index (κ1) is 15.4. The van der Waals surface area contributed by atoms with E-state index in [1.807, 2.05) is 4.68 Å². The van der Waals surface area contributed by atoms with Gasteiger partial charge in [0.1, 0.15) is 12.2 Å². The highest BCUT2D eigenvalue weighted by Crippen LogP contribution is 2.20. The first-order chi connectivity index (χ1) is 9.52. The Balaban J connectivity index is 2.12. The molecule has 0 saturated carbocycles. The molecule has 114 valence electrons. The zero-order chi connectivity index (χ0) is 14.7. The van der Waals surface area contributed by atoms with Crippen molar-refractivity contribution in [3.8, 4) is 0 Å². The van der Waals surface area contributed by atoms with E-state index in [2.05, 4.69) is 54.9 Å². The molecule has 1 aliphatic heterocycles. The van der Waals surface area contributed by atoms with Crippen LogP contribution in [-0.2, 0) is 6.54 Å². The lowest BCUT2D eigenvalue weighted by molar-refractivity contribution is 0.0840. The molecule has 1 saturated heterocycles. The van der Waals surface area contributed by atoms with Crippen molar-refractivity contribution in [3.05, 3.63) is 12.2 Å². The Morgan fingerprint density at radius 2 is 2.15 bits per heavy atom. The van der Waals surface area contributed by atoms with Gasteiger partial charge in [-0.3, -0.25) is 4.90 Å². The molecule has 0 amide bonds.